The fourth-order valence-electron chi connectivity index (χ4n) is 7.66. The molecule has 0 fully saturated rings. The van der Waals surface area contributed by atoms with Gasteiger partial charge in [0.2, 0.25) is 5.91 Å². The zero-order valence-corrected chi connectivity index (χ0v) is 51.0. The normalized spacial score (nSPS) is 15.0. The van der Waals surface area contributed by atoms with E-state index in [-0.39, 0.29) is 19.1 Å². The summed E-state index contributed by atoms with van der Waals surface area (Å²) in [5.41, 5.74) is 0. The molecule has 9 heteroatoms. The van der Waals surface area contributed by atoms with Crippen molar-refractivity contribution >= 4 is 13.7 Å². The van der Waals surface area contributed by atoms with Crippen LogP contribution in [0, 0.1) is 0 Å². The number of nitrogens with one attached hydrogen (secondary N) is 1. The highest BCUT2D eigenvalue weighted by atomic mass is 31.2. The molecule has 3 atom stereocenters. The van der Waals surface area contributed by atoms with E-state index in [1.54, 1.807) is 6.08 Å². The molecular formula is C69H114N2O6P+. The first-order valence-electron chi connectivity index (χ1n) is 30.5. The number of phosphoric ester groups is 1. The van der Waals surface area contributed by atoms with Crippen LogP contribution in [0.5, 0.6) is 0 Å². The number of phosphoric acid groups is 1. The second kappa shape index (κ2) is 57.5. The summed E-state index contributed by atoms with van der Waals surface area (Å²) in [6.45, 7) is 4.62. The van der Waals surface area contributed by atoms with Gasteiger partial charge in [0.05, 0.1) is 39.9 Å². The van der Waals surface area contributed by atoms with E-state index in [1.165, 1.54) is 64.2 Å². The second-order valence-corrected chi connectivity index (χ2v) is 22.4. The van der Waals surface area contributed by atoms with E-state index in [9.17, 15) is 19.4 Å². The quantitative estimate of drug-likeness (QED) is 0.0243. The molecule has 0 spiro atoms. The minimum absolute atomic E-state index is 0.0369. The maximum atomic E-state index is 13.0. The maximum Gasteiger partial charge on any atom is 0.472 e. The van der Waals surface area contributed by atoms with Gasteiger partial charge in [0, 0.05) is 6.42 Å². The average Bonchev–Trinajstić information content (AvgIpc) is 3.41. The van der Waals surface area contributed by atoms with Crippen LogP contribution in [-0.4, -0.2) is 73.4 Å². The zero-order valence-electron chi connectivity index (χ0n) is 50.1. The second-order valence-electron chi connectivity index (χ2n) is 21.0. The molecule has 0 aliphatic heterocycles. The van der Waals surface area contributed by atoms with E-state index in [0.29, 0.717) is 23.9 Å². The Hall–Kier alpha value is -4.14. The van der Waals surface area contributed by atoms with Gasteiger partial charge >= 0.3 is 7.82 Å². The van der Waals surface area contributed by atoms with Crippen molar-refractivity contribution < 1.29 is 32.9 Å². The predicted octanol–water partition coefficient (Wildman–Crippen LogP) is 19.2. The number of carbonyl (C=O) groups is 1. The molecule has 440 valence electrons. The summed E-state index contributed by atoms with van der Waals surface area (Å²) in [5.74, 6) is -0.230. The minimum Gasteiger partial charge on any atom is -0.387 e. The molecule has 0 aromatic rings. The smallest absolute Gasteiger partial charge is 0.387 e. The van der Waals surface area contributed by atoms with E-state index >= 15 is 0 Å². The van der Waals surface area contributed by atoms with E-state index in [2.05, 4.69) is 177 Å². The summed E-state index contributed by atoms with van der Waals surface area (Å²) < 4.78 is 23.7. The molecule has 0 saturated heterocycles. The minimum atomic E-state index is -4.38. The molecule has 0 saturated carbocycles. The summed E-state index contributed by atoms with van der Waals surface area (Å²) >= 11 is 0. The third-order valence-corrected chi connectivity index (χ3v) is 13.4. The molecule has 0 bridgehead atoms. The third-order valence-electron chi connectivity index (χ3n) is 12.4. The molecule has 0 heterocycles. The Morgan fingerprint density at radius 2 is 0.782 bits per heavy atom. The number of unbranched alkanes of at least 4 members (excludes halogenated alkanes) is 14. The SMILES string of the molecule is CC/C=C\C/C=C\C/C=C\C/C=C\C/C=C\C/C=C\C/C=C\C/C=C\C/C=C\C/C=C\C/C=C\CCCCCC(=O)NC(COP(=O)(O)OCC[N+](C)(C)C)C(O)/C=C/CC/C=C/CC/C=C/CCCCCCCCCCC. The Bertz CT molecular complexity index is 1870. The lowest BCUT2D eigenvalue weighted by atomic mass is 10.1. The Labute approximate surface area is 479 Å². The lowest BCUT2D eigenvalue weighted by molar-refractivity contribution is -0.870. The number of amides is 1. The highest BCUT2D eigenvalue weighted by molar-refractivity contribution is 7.47. The van der Waals surface area contributed by atoms with Crippen LogP contribution in [0.4, 0.5) is 0 Å². The summed E-state index contributed by atoms with van der Waals surface area (Å²) in [6.07, 6.45) is 91.8. The maximum absolute atomic E-state index is 13.0. The van der Waals surface area contributed by atoms with Crippen molar-refractivity contribution in [2.45, 2.75) is 219 Å². The molecule has 0 aromatic heterocycles. The summed E-state index contributed by atoms with van der Waals surface area (Å²) in [7, 11) is 1.50. The fraction of sp³-hybridized carbons (Fsp3) is 0.580. The summed E-state index contributed by atoms with van der Waals surface area (Å²) in [6, 6.07) is -0.902. The van der Waals surface area contributed by atoms with Crippen LogP contribution < -0.4 is 5.32 Å². The van der Waals surface area contributed by atoms with Crippen molar-refractivity contribution in [3.63, 3.8) is 0 Å². The van der Waals surface area contributed by atoms with Crippen LogP contribution in [-0.2, 0) is 18.4 Å². The number of aliphatic hydroxyl groups is 1. The molecule has 78 heavy (non-hydrogen) atoms. The van der Waals surface area contributed by atoms with Gasteiger partial charge in [0.1, 0.15) is 13.2 Å². The predicted molar refractivity (Wildman–Crippen MR) is 340 cm³/mol. The lowest BCUT2D eigenvalue weighted by Gasteiger charge is -2.25. The Morgan fingerprint density at radius 1 is 0.449 bits per heavy atom. The molecule has 3 N–H and O–H groups in total. The van der Waals surface area contributed by atoms with Crippen molar-refractivity contribution in [1.29, 1.82) is 0 Å². The van der Waals surface area contributed by atoms with Gasteiger partial charge in [-0.25, -0.2) is 4.57 Å². The molecule has 3 unspecified atom stereocenters. The van der Waals surface area contributed by atoms with E-state index in [1.807, 2.05) is 27.2 Å². The first-order chi connectivity index (χ1) is 38.0. The van der Waals surface area contributed by atoms with Gasteiger partial charge in [-0.1, -0.05) is 242 Å². The third kappa shape index (κ3) is 59.5. The highest BCUT2D eigenvalue weighted by Gasteiger charge is 2.27. The number of aliphatic hydroxyl groups excluding tert-OH is 1. The molecule has 1 amide bonds. The van der Waals surface area contributed by atoms with Gasteiger partial charge in [0.25, 0.3) is 0 Å². The fourth-order valence-corrected chi connectivity index (χ4v) is 8.40. The van der Waals surface area contributed by atoms with Crippen LogP contribution in [0.1, 0.15) is 206 Å². The average molecular weight is 1100 g/mol. The number of quaternary nitrogens is 1. The van der Waals surface area contributed by atoms with Crippen LogP contribution in [0.25, 0.3) is 0 Å². The van der Waals surface area contributed by atoms with Crippen LogP contribution in [0.3, 0.4) is 0 Å². The number of likely N-dealkylation sites (N-methyl/N-ethyl adjacent to an activating group) is 1. The van der Waals surface area contributed by atoms with Crippen molar-refractivity contribution in [2.75, 3.05) is 40.9 Å². The van der Waals surface area contributed by atoms with Crippen LogP contribution >= 0.6 is 7.82 Å². The lowest BCUT2D eigenvalue weighted by Crippen LogP contribution is -2.45. The van der Waals surface area contributed by atoms with Gasteiger partial charge in [0.15, 0.2) is 0 Å². The molecule has 0 radical (unpaired) electrons. The van der Waals surface area contributed by atoms with Crippen molar-refractivity contribution in [1.82, 2.24) is 5.32 Å². The summed E-state index contributed by atoms with van der Waals surface area (Å²) in [4.78, 5) is 23.3. The first kappa shape index (κ1) is 73.9. The standard InChI is InChI=1S/C69H113N2O6P/c1-6-8-10-12-14-16-18-20-22-24-26-27-28-29-30-31-32-33-34-35-36-37-38-39-40-41-42-43-45-47-49-51-53-55-57-59-61-63-69(73)70-67(66-77-78(74,75)76-65-64-71(3,4)5)68(72)62-60-58-56-54-52-50-48-46-44-25-23-21-19-17-15-13-11-9-7-2/h8,10,14,16,20,22,26-27,29-30,32-33,35-36,38-39,41-42,44-47,51-54,60,62,67-68,72H,6-7,9,11-13,15,17-19,21,23-25,28,31,34,37,40,43,48-50,55-59,61,63-66H2,1-5H3,(H-,70,73,74,75)/p+1/b10-8-,16-14-,22-20-,27-26-,30-29-,33-32-,36-35-,39-38-,42-41-,46-44+,47-45-,53-51-,54-52+,62-60+. The van der Waals surface area contributed by atoms with Gasteiger partial charge in [-0.05, 0) is 128 Å². The van der Waals surface area contributed by atoms with Crippen molar-refractivity contribution in [2.24, 2.45) is 0 Å². The topological polar surface area (TPSA) is 105 Å². The van der Waals surface area contributed by atoms with Gasteiger partial charge in [-0.3, -0.25) is 13.8 Å². The number of rotatable bonds is 53. The molecule has 0 aromatic carbocycles. The number of carbonyl (C=O) groups excluding carboxylic acids is 1. The largest absolute Gasteiger partial charge is 0.472 e. The molecule has 8 nitrogen and oxygen atoms in total. The van der Waals surface area contributed by atoms with Crippen molar-refractivity contribution in [3.8, 4) is 0 Å². The monoisotopic (exact) mass is 1100 g/mol. The van der Waals surface area contributed by atoms with E-state index in [4.69, 9.17) is 9.05 Å². The summed E-state index contributed by atoms with van der Waals surface area (Å²) in [5, 5.41) is 13.9. The molecule has 0 aliphatic carbocycles. The van der Waals surface area contributed by atoms with Crippen molar-refractivity contribution in [3.05, 3.63) is 170 Å². The molecule has 0 rings (SSSR count). The first-order valence-corrected chi connectivity index (χ1v) is 32.0. The number of allylic oxidation sites excluding steroid dienone is 27. The van der Waals surface area contributed by atoms with E-state index < -0.39 is 20.0 Å². The van der Waals surface area contributed by atoms with Gasteiger partial charge in [-0.15, -0.1) is 0 Å². The Morgan fingerprint density at radius 3 is 1.18 bits per heavy atom. The number of hydrogen-bond acceptors (Lipinski definition) is 5. The highest BCUT2D eigenvalue weighted by Crippen LogP contribution is 2.43. The van der Waals surface area contributed by atoms with Gasteiger partial charge < -0.3 is 19.8 Å². The number of nitrogens with zero attached hydrogens (tertiary/aromatic N) is 1. The Kier molecular flexibility index (Phi) is 54.5. The van der Waals surface area contributed by atoms with E-state index in [0.717, 1.165) is 116 Å². The van der Waals surface area contributed by atoms with Crippen LogP contribution in [0.2, 0.25) is 0 Å². The van der Waals surface area contributed by atoms with Gasteiger partial charge in [-0.2, -0.15) is 0 Å². The van der Waals surface area contributed by atoms with Crippen LogP contribution in [0.15, 0.2) is 170 Å². The Balaban J connectivity index is 4.34. The molecule has 0 aliphatic rings. The zero-order chi connectivity index (χ0) is 57.0. The molecular weight excluding hydrogens is 984 g/mol. The number of hydrogen-bond donors (Lipinski definition) is 3.